The second-order valence-electron chi connectivity index (χ2n) is 18.9. The molecule has 4 aliphatic rings. The van der Waals surface area contributed by atoms with Gasteiger partial charge in [0.2, 0.25) is 11.8 Å². The van der Waals surface area contributed by atoms with Crippen molar-refractivity contribution in [3.63, 3.8) is 0 Å². The average Bonchev–Trinajstić information content (AvgIpc) is 3.07. The maximum Gasteiger partial charge on any atom is 0.266 e. The number of likely N-dealkylation sites (tertiary alicyclic amines) is 2. The standard InChI is InChI=1S/C22H30F3N3O2.C21H28F3N3O2/c1-4-21(2,3)27-18(29)11-28-12-22(13-28)8-14(9-22)10-26-20(30)15-5-6-17(23)16(7-15)19(24)25;1-20(2,3)26-17(28)10-27-11-21(12-27)7-13(8-21)9-25-19(29)14-4-5-16(22)15(6-14)18(23)24/h5-7,14,19H,4,8-13H2,1-3H3,(H,26,30)(H,27,29);4-6,13,18H,7-12H2,1-3H3,(H,25,29)(H,26,28). The van der Waals surface area contributed by atoms with E-state index >= 15 is 0 Å². The van der Waals surface area contributed by atoms with Gasteiger partial charge in [-0.1, -0.05) is 6.92 Å². The maximum atomic E-state index is 13.4. The lowest BCUT2D eigenvalue weighted by Crippen LogP contribution is -2.65. The Morgan fingerprint density at radius 1 is 0.661 bits per heavy atom. The SMILES string of the molecule is CC(C)(C)NC(=O)CN1CC2(CC(CNC(=O)c3ccc(F)c(C(F)F)c3)C2)C1.CCC(C)(C)NC(=O)CN1CC2(CC(CNC(=O)c3ccc(F)c(C(F)F)c3)C2)C1. The van der Waals surface area contributed by atoms with E-state index in [1.54, 1.807) is 0 Å². The average molecular weight is 837 g/mol. The van der Waals surface area contributed by atoms with Crippen molar-refractivity contribution in [2.24, 2.45) is 22.7 Å². The van der Waals surface area contributed by atoms with E-state index in [-0.39, 0.29) is 44.8 Å². The summed E-state index contributed by atoms with van der Waals surface area (Å²) in [5, 5.41) is 11.5. The zero-order valence-corrected chi connectivity index (χ0v) is 34.8. The zero-order chi connectivity index (χ0) is 43.5. The molecular weight excluding hydrogens is 778 g/mol. The molecule has 2 aliphatic heterocycles. The smallest absolute Gasteiger partial charge is 0.266 e. The molecule has 0 radical (unpaired) electrons. The summed E-state index contributed by atoms with van der Waals surface area (Å²) in [5.74, 6) is -2.23. The van der Waals surface area contributed by atoms with E-state index in [0.29, 0.717) is 38.0 Å². The molecule has 2 saturated carbocycles. The molecule has 10 nitrogen and oxygen atoms in total. The molecule has 2 aliphatic carbocycles. The Morgan fingerprint density at radius 2 is 1.03 bits per heavy atom. The van der Waals surface area contributed by atoms with Gasteiger partial charge in [0.15, 0.2) is 0 Å². The first-order valence-electron chi connectivity index (χ1n) is 20.3. The molecule has 0 atom stereocenters. The number of carbonyl (C=O) groups is 4. The number of halogens is 6. The fourth-order valence-electron chi connectivity index (χ4n) is 8.92. The summed E-state index contributed by atoms with van der Waals surface area (Å²) >= 11 is 0. The molecule has 2 heterocycles. The van der Waals surface area contributed by atoms with Crippen LogP contribution in [0.5, 0.6) is 0 Å². The van der Waals surface area contributed by atoms with Crippen molar-refractivity contribution in [2.75, 3.05) is 52.4 Å². The highest BCUT2D eigenvalue weighted by Gasteiger charge is 2.53. The Balaban J connectivity index is 0.000000224. The van der Waals surface area contributed by atoms with Gasteiger partial charge in [-0.2, -0.15) is 0 Å². The van der Waals surface area contributed by atoms with Gasteiger partial charge in [0.25, 0.3) is 24.7 Å². The molecule has 2 aromatic carbocycles. The molecule has 16 heteroatoms. The number of nitrogens with zero attached hydrogens (tertiary/aromatic N) is 2. The normalized spacial score (nSPS) is 18.9. The monoisotopic (exact) mass is 836 g/mol. The Bertz CT molecular complexity index is 1840. The molecule has 0 unspecified atom stereocenters. The van der Waals surface area contributed by atoms with Crippen LogP contribution < -0.4 is 21.3 Å². The summed E-state index contributed by atoms with van der Waals surface area (Å²) in [6.45, 7) is 17.2. The van der Waals surface area contributed by atoms with Crippen molar-refractivity contribution in [1.29, 1.82) is 0 Å². The Morgan fingerprint density at radius 3 is 1.37 bits per heavy atom. The minimum Gasteiger partial charge on any atom is -0.352 e. The van der Waals surface area contributed by atoms with E-state index in [1.165, 1.54) is 12.1 Å². The number of nitrogens with one attached hydrogen (secondary N) is 4. The van der Waals surface area contributed by atoms with Crippen LogP contribution in [0.25, 0.3) is 0 Å². The highest BCUT2D eigenvalue weighted by atomic mass is 19.3. The van der Waals surface area contributed by atoms with Gasteiger partial charge >= 0.3 is 0 Å². The van der Waals surface area contributed by atoms with Gasteiger partial charge in [0.1, 0.15) is 11.6 Å². The summed E-state index contributed by atoms with van der Waals surface area (Å²) < 4.78 is 77.8. The minimum atomic E-state index is -2.96. The van der Waals surface area contributed by atoms with Crippen LogP contribution in [0.1, 0.15) is 118 Å². The number of alkyl halides is 4. The summed E-state index contributed by atoms with van der Waals surface area (Å²) in [6.07, 6.45) is -1.17. The maximum absolute atomic E-state index is 13.4. The van der Waals surface area contributed by atoms with Gasteiger partial charge in [-0.15, -0.1) is 0 Å². The van der Waals surface area contributed by atoms with Crippen LogP contribution in [0.3, 0.4) is 0 Å². The Labute approximate surface area is 342 Å². The van der Waals surface area contributed by atoms with Crippen LogP contribution in [0.2, 0.25) is 0 Å². The van der Waals surface area contributed by atoms with E-state index in [4.69, 9.17) is 0 Å². The molecule has 59 heavy (non-hydrogen) atoms. The summed E-state index contributed by atoms with van der Waals surface area (Å²) in [4.78, 5) is 52.7. The number of rotatable bonds is 14. The van der Waals surface area contributed by atoms with Crippen LogP contribution in [-0.2, 0) is 9.59 Å². The van der Waals surface area contributed by atoms with Gasteiger partial charge in [0.05, 0.1) is 24.2 Å². The fraction of sp³-hybridized carbons (Fsp3) is 0.628. The third-order valence-electron chi connectivity index (χ3n) is 11.8. The molecule has 2 saturated heterocycles. The fourth-order valence-corrected chi connectivity index (χ4v) is 8.92. The Kier molecular flexibility index (Phi) is 14.2. The van der Waals surface area contributed by atoms with Crippen LogP contribution in [0.4, 0.5) is 26.3 Å². The van der Waals surface area contributed by atoms with Crippen molar-refractivity contribution in [1.82, 2.24) is 31.1 Å². The zero-order valence-electron chi connectivity index (χ0n) is 34.8. The summed E-state index contributed by atoms with van der Waals surface area (Å²) in [6, 6.07) is 6.04. The molecule has 326 valence electrons. The van der Waals surface area contributed by atoms with Gasteiger partial charge < -0.3 is 21.3 Å². The number of benzene rings is 2. The molecule has 4 N–H and O–H groups in total. The van der Waals surface area contributed by atoms with Crippen molar-refractivity contribution >= 4 is 23.6 Å². The predicted molar refractivity (Wildman–Crippen MR) is 211 cm³/mol. The molecular formula is C43H58F6N6O4. The number of amides is 4. The lowest BCUT2D eigenvalue weighted by molar-refractivity contribution is -0.134. The van der Waals surface area contributed by atoms with E-state index in [0.717, 1.165) is 82.5 Å². The van der Waals surface area contributed by atoms with E-state index in [2.05, 4.69) is 31.1 Å². The first kappa shape index (κ1) is 45.9. The van der Waals surface area contributed by atoms with Gasteiger partial charge in [-0.05, 0) is 126 Å². The topological polar surface area (TPSA) is 123 Å². The first-order chi connectivity index (χ1) is 27.5. The van der Waals surface area contributed by atoms with Crippen LogP contribution in [0, 0.1) is 34.3 Å². The van der Waals surface area contributed by atoms with Crippen LogP contribution in [-0.4, -0.2) is 96.9 Å². The third kappa shape index (κ3) is 12.2. The second kappa shape index (κ2) is 18.2. The summed E-state index contributed by atoms with van der Waals surface area (Å²) in [5.41, 5.74) is -1.41. The lowest BCUT2D eigenvalue weighted by atomic mass is 9.57. The predicted octanol–water partition coefficient (Wildman–Crippen LogP) is 6.63. The van der Waals surface area contributed by atoms with Crippen molar-refractivity contribution < 1.29 is 45.5 Å². The van der Waals surface area contributed by atoms with E-state index < -0.39 is 47.4 Å². The van der Waals surface area contributed by atoms with Gasteiger partial charge in [-0.3, -0.25) is 29.0 Å². The quantitative estimate of drug-likeness (QED) is 0.159. The molecule has 4 fully saturated rings. The van der Waals surface area contributed by atoms with Crippen molar-refractivity contribution in [3.05, 3.63) is 70.3 Å². The highest BCUT2D eigenvalue weighted by Crippen LogP contribution is 2.52. The molecule has 0 aromatic heterocycles. The summed E-state index contributed by atoms with van der Waals surface area (Å²) in [7, 11) is 0. The highest BCUT2D eigenvalue weighted by molar-refractivity contribution is 5.95. The molecule has 6 rings (SSSR count). The number of hydrogen-bond donors (Lipinski definition) is 4. The molecule has 2 aromatic rings. The van der Waals surface area contributed by atoms with Crippen LogP contribution in [0.15, 0.2) is 36.4 Å². The first-order valence-corrected chi connectivity index (χ1v) is 20.3. The largest absolute Gasteiger partial charge is 0.352 e. The molecule has 4 amide bonds. The molecule has 0 bridgehead atoms. The number of carbonyl (C=O) groups excluding carboxylic acids is 4. The number of hydrogen-bond acceptors (Lipinski definition) is 6. The van der Waals surface area contributed by atoms with E-state index in [1.807, 2.05) is 41.5 Å². The minimum absolute atomic E-state index is 0.0259. The Hall–Kier alpha value is -4.18. The van der Waals surface area contributed by atoms with Gasteiger partial charge in [0, 0.05) is 61.5 Å². The van der Waals surface area contributed by atoms with Gasteiger partial charge in [-0.25, -0.2) is 26.3 Å². The van der Waals surface area contributed by atoms with Crippen molar-refractivity contribution in [3.8, 4) is 0 Å². The van der Waals surface area contributed by atoms with Crippen molar-refractivity contribution in [2.45, 2.75) is 97.6 Å². The van der Waals surface area contributed by atoms with E-state index in [9.17, 15) is 45.5 Å². The second-order valence-corrected chi connectivity index (χ2v) is 18.9. The third-order valence-corrected chi connectivity index (χ3v) is 11.8. The lowest BCUT2D eigenvalue weighted by Gasteiger charge is -2.59. The van der Waals surface area contributed by atoms with Crippen LogP contribution >= 0.6 is 0 Å². The molecule has 2 spiro atoms.